The second-order valence-corrected chi connectivity index (χ2v) is 4.86. The van der Waals surface area contributed by atoms with E-state index < -0.39 is 0 Å². The molecule has 0 aliphatic heterocycles. The summed E-state index contributed by atoms with van der Waals surface area (Å²) in [6.45, 7) is 4.05. The Bertz CT molecular complexity index is 436. The van der Waals surface area contributed by atoms with E-state index >= 15 is 0 Å². The molecule has 4 nitrogen and oxygen atoms in total. The molecule has 0 saturated heterocycles. The fourth-order valence-electron chi connectivity index (χ4n) is 1.38. The van der Waals surface area contributed by atoms with Crippen LogP contribution in [0.15, 0.2) is 12.1 Å². The Kier molecular flexibility index (Phi) is 5.72. The highest BCUT2D eigenvalue weighted by atomic mass is 35.5. The maximum Gasteiger partial charge on any atom is 0.320 e. The van der Waals surface area contributed by atoms with Gasteiger partial charge in [-0.15, -0.1) is 0 Å². The average molecular weight is 291 g/mol. The largest absolute Gasteiger partial charge is 0.462 e. The van der Waals surface area contributed by atoms with Crippen LogP contribution in [-0.2, 0) is 16.1 Å². The number of nitrogens with two attached hydrogens (primary N) is 1. The summed E-state index contributed by atoms with van der Waals surface area (Å²) >= 11 is 11.9. The van der Waals surface area contributed by atoms with Gasteiger partial charge in [-0.05, 0) is 26.0 Å². The number of ether oxygens (including phenoxy) is 1. The number of hydrogen-bond donors (Lipinski definition) is 2. The Hall–Kier alpha value is -0.970. The van der Waals surface area contributed by atoms with Crippen molar-refractivity contribution in [1.82, 2.24) is 5.32 Å². The quantitative estimate of drug-likeness (QED) is 0.646. The molecule has 0 radical (unpaired) electrons. The summed E-state index contributed by atoms with van der Waals surface area (Å²) in [5.74, 6) is -0.318. The maximum atomic E-state index is 11.3. The minimum atomic E-state index is -0.318. The molecule has 100 valence electrons. The molecule has 6 heteroatoms. The van der Waals surface area contributed by atoms with E-state index in [2.05, 4.69) is 5.32 Å². The molecule has 0 aromatic heterocycles. The lowest BCUT2D eigenvalue weighted by molar-refractivity contribution is -0.146. The van der Waals surface area contributed by atoms with E-state index in [1.807, 2.05) is 0 Å². The Morgan fingerprint density at radius 2 is 2.11 bits per heavy atom. The third kappa shape index (κ3) is 4.37. The van der Waals surface area contributed by atoms with E-state index in [0.717, 1.165) is 0 Å². The predicted molar refractivity (Wildman–Crippen MR) is 73.8 cm³/mol. The highest BCUT2D eigenvalue weighted by Crippen LogP contribution is 2.29. The summed E-state index contributed by atoms with van der Waals surface area (Å²) in [5, 5.41) is 3.76. The number of halogens is 2. The zero-order valence-electron chi connectivity index (χ0n) is 10.3. The smallest absolute Gasteiger partial charge is 0.320 e. The minimum absolute atomic E-state index is 0.0977. The first-order valence-corrected chi connectivity index (χ1v) is 6.30. The van der Waals surface area contributed by atoms with Gasteiger partial charge in [0.1, 0.15) is 0 Å². The standard InChI is InChI=1S/C12H16Cl2N2O2/c1-7(2)18-11(17)6-16-5-8-10(15)4-3-9(13)12(8)14/h3-4,7,16H,5-6,15H2,1-2H3. The van der Waals surface area contributed by atoms with Crippen LogP contribution in [0.3, 0.4) is 0 Å². The highest BCUT2D eigenvalue weighted by Gasteiger charge is 2.10. The number of rotatable bonds is 5. The van der Waals surface area contributed by atoms with E-state index in [0.29, 0.717) is 27.8 Å². The van der Waals surface area contributed by atoms with Crippen molar-refractivity contribution in [3.63, 3.8) is 0 Å². The van der Waals surface area contributed by atoms with Crippen molar-refractivity contribution >= 4 is 34.9 Å². The summed E-state index contributed by atoms with van der Waals surface area (Å²) < 4.78 is 4.98. The Balaban J connectivity index is 2.54. The minimum Gasteiger partial charge on any atom is -0.462 e. The first-order chi connectivity index (χ1) is 8.41. The number of hydrogen-bond acceptors (Lipinski definition) is 4. The molecule has 0 aliphatic rings. The predicted octanol–water partition coefficient (Wildman–Crippen LogP) is 2.62. The topological polar surface area (TPSA) is 64.3 Å². The van der Waals surface area contributed by atoms with Gasteiger partial charge in [0, 0.05) is 17.8 Å². The first-order valence-electron chi connectivity index (χ1n) is 5.54. The average Bonchev–Trinajstić information content (AvgIpc) is 2.27. The van der Waals surface area contributed by atoms with Crippen molar-refractivity contribution in [2.24, 2.45) is 0 Å². The van der Waals surface area contributed by atoms with Crippen molar-refractivity contribution in [3.05, 3.63) is 27.7 Å². The molecular weight excluding hydrogens is 275 g/mol. The lowest BCUT2D eigenvalue weighted by atomic mass is 10.2. The molecule has 0 amide bonds. The van der Waals surface area contributed by atoms with Crippen molar-refractivity contribution < 1.29 is 9.53 Å². The molecule has 0 saturated carbocycles. The van der Waals surface area contributed by atoms with Crippen LogP contribution in [0.25, 0.3) is 0 Å². The number of carbonyl (C=O) groups is 1. The summed E-state index contributed by atoms with van der Waals surface area (Å²) in [6, 6.07) is 3.31. The van der Waals surface area contributed by atoms with Crippen LogP contribution in [-0.4, -0.2) is 18.6 Å². The Morgan fingerprint density at radius 1 is 1.44 bits per heavy atom. The van der Waals surface area contributed by atoms with Gasteiger partial charge in [-0.25, -0.2) is 0 Å². The van der Waals surface area contributed by atoms with Crippen LogP contribution in [0.5, 0.6) is 0 Å². The van der Waals surface area contributed by atoms with Crippen LogP contribution in [0.1, 0.15) is 19.4 Å². The maximum absolute atomic E-state index is 11.3. The molecular formula is C12H16Cl2N2O2. The van der Waals surface area contributed by atoms with E-state index in [4.69, 9.17) is 33.7 Å². The second kappa shape index (κ2) is 6.83. The summed E-state index contributed by atoms with van der Waals surface area (Å²) in [6.07, 6.45) is -0.126. The number of nitrogen functional groups attached to an aromatic ring is 1. The van der Waals surface area contributed by atoms with Gasteiger partial charge in [0.15, 0.2) is 0 Å². The molecule has 1 aromatic carbocycles. The van der Waals surface area contributed by atoms with Crippen LogP contribution < -0.4 is 11.1 Å². The number of carbonyl (C=O) groups excluding carboxylic acids is 1. The number of anilines is 1. The molecule has 0 fully saturated rings. The van der Waals surface area contributed by atoms with Gasteiger partial charge >= 0.3 is 5.97 Å². The zero-order valence-corrected chi connectivity index (χ0v) is 11.8. The lowest BCUT2D eigenvalue weighted by Crippen LogP contribution is -2.26. The molecule has 0 heterocycles. The molecule has 0 bridgehead atoms. The summed E-state index contributed by atoms with van der Waals surface area (Å²) in [7, 11) is 0. The third-order valence-corrected chi connectivity index (χ3v) is 3.01. The first kappa shape index (κ1) is 15.1. The lowest BCUT2D eigenvalue weighted by Gasteiger charge is -2.11. The molecule has 1 aromatic rings. The fraction of sp³-hybridized carbons (Fsp3) is 0.417. The van der Waals surface area contributed by atoms with E-state index in [9.17, 15) is 4.79 Å². The Morgan fingerprint density at radius 3 is 2.72 bits per heavy atom. The van der Waals surface area contributed by atoms with E-state index in [1.165, 1.54) is 0 Å². The molecule has 3 N–H and O–H groups in total. The zero-order chi connectivity index (χ0) is 13.7. The van der Waals surface area contributed by atoms with Crippen molar-refractivity contribution in [2.75, 3.05) is 12.3 Å². The highest BCUT2D eigenvalue weighted by molar-refractivity contribution is 6.42. The molecule has 0 atom stereocenters. The molecule has 0 spiro atoms. The van der Waals surface area contributed by atoms with Gasteiger partial charge in [-0.1, -0.05) is 23.2 Å². The van der Waals surface area contributed by atoms with Gasteiger partial charge in [-0.2, -0.15) is 0 Å². The van der Waals surface area contributed by atoms with Gasteiger partial charge in [0.2, 0.25) is 0 Å². The van der Waals surface area contributed by atoms with E-state index in [1.54, 1.807) is 26.0 Å². The fourth-order valence-corrected chi connectivity index (χ4v) is 1.80. The molecule has 1 rings (SSSR count). The van der Waals surface area contributed by atoms with Crippen LogP contribution in [0.2, 0.25) is 10.0 Å². The van der Waals surface area contributed by atoms with Crippen molar-refractivity contribution in [2.45, 2.75) is 26.5 Å². The second-order valence-electron chi connectivity index (χ2n) is 4.07. The number of esters is 1. The SMILES string of the molecule is CC(C)OC(=O)CNCc1c(N)ccc(Cl)c1Cl. The molecule has 18 heavy (non-hydrogen) atoms. The third-order valence-electron chi connectivity index (χ3n) is 2.17. The van der Waals surface area contributed by atoms with Crippen LogP contribution >= 0.6 is 23.2 Å². The number of benzene rings is 1. The van der Waals surface area contributed by atoms with Crippen LogP contribution in [0, 0.1) is 0 Å². The normalized spacial score (nSPS) is 10.7. The van der Waals surface area contributed by atoms with Gasteiger partial charge in [0.25, 0.3) is 0 Å². The van der Waals surface area contributed by atoms with Gasteiger partial charge < -0.3 is 15.8 Å². The summed E-state index contributed by atoms with van der Waals surface area (Å²) in [4.78, 5) is 11.3. The molecule has 0 unspecified atom stereocenters. The molecule has 0 aliphatic carbocycles. The van der Waals surface area contributed by atoms with Crippen molar-refractivity contribution in [3.8, 4) is 0 Å². The van der Waals surface area contributed by atoms with Crippen LogP contribution in [0.4, 0.5) is 5.69 Å². The monoisotopic (exact) mass is 290 g/mol. The number of nitrogens with one attached hydrogen (secondary N) is 1. The summed E-state index contributed by atoms with van der Waals surface area (Å²) in [5.41, 5.74) is 7.01. The van der Waals surface area contributed by atoms with E-state index in [-0.39, 0.29) is 18.6 Å². The Labute approximate surface area is 116 Å². The van der Waals surface area contributed by atoms with Gasteiger partial charge in [-0.3, -0.25) is 4.79 Å². The van der Waals surface area contributed by atoms with Crippen molar-refractivity contribution in [1.29, 1.82) is 0 Å². The van der Waals surface area contributed by atoms with Gasteiger partial charge in [0.05, 0.1) is 22.7 Å².